The molecule has 204 valence electrons. The van der Waals surface area contributed by atoms with Crippen molar-refractivity contribution in [3.05, 3.63) is 83.9 Å². The molecule has 0 radical (unpaired) electrons. The zero-order valence-electron chi connectivity index (χ0n) is 22.8. The van der Waals surface area contributed by atoms with E-state index < -0.39 is 6.04 Å². The highest BCUT2D eigenvalue weighted by atomic mass is 16.5. The second-order valence-electron chi connectivity index (χ2n) is 9.76. The van der Waals surface area contributed by atoms with Crippen LogP contribution in [0.25, 0.3) is 11.0 Å². The molecule has 9 nitrogen and oxygen atoms in total. The van der Waals surface area contributed by atoms with E-state index in [0.717, 1.165) is 17.5 Å². The van der Waals surface area contributed by atoms with Gasteiger partial charge in [0.05, 0.1) is 19.7 Å². The monoisotopic (exact) mass is 529 g/mol. The Morgan fingerprint density at radius 2 is 1.67 bits per heavy atom. The molecule has 1 aromatic heterocycles. The maximum absolute atomic E-state index is 14.1. The van der Waals surface area contributed by atoms with Gasteiger partial charge in [-0.2, -0.15) is 0 Å². The molecule has 0 saturated carbocycles. The van der Waals surface area contributed by atoms with E-state index in [1.54, 1.807) is 29.9 Å². The summed E-state index contributed by atoms with van der Waals surface area (Å²) in [5.74, 6) is 1.16. The van der Waals surface area contributed by atoms with Gasteiger partial charge in [0.2, 0.25) is 11.8 Å². The third-order valence-electron chi connectivity index (χ3n) is 6.50. The van der Waals surface area contributed by atoms with Gasteiger partial charge in [-0.05, 0) is 59.9 Å². The van der Waals surface area contributed by atoms with Gasteiger partial charge in [0.25, 0.3) is 0 Å². The SMILES string of the molecule is COc1cccc(CN(C(=O)Cn2nnc3ccccc32)C(C(=O)NCCC(C)C)c2cccc(OC)c2)c1. The van der Waals surface area contributed by atoms with Crippen LogP contribution in [-0.2, 0) is 22.7 Å². The van der Waals surface area contributed by atoms with Gasteiger partial charge >= 0.3 is 0 Å². The summed E-state index contributed by atoms with van der Waals surface area (Å²) in [5, 5.41) is 11.4. The zero-order chi connectivity index (χ0) is 27.8. The van der Waals surface area contributed by atoms with E-state index in [1.165, 1.54) is 0 Å². The van der Waals surface area contributed by atoms with Crippen LogP contribution in [0.5, 0.6) is 11.5 Å². The van der Waals surface area contributed by atoms with Crippen LogP contribution in [0.2, 0.25) is 0 Å². The van der Waals surface area contributed by atoms with Crippen LogP contribution in [0.15, 0.2) is 72.8 Å². The van der Waals surface area contributed by atoms with E-state index in [1.807, 2.05) is 66.7 Å². The maximum Gasteiger partial charge on any atom is 0.247 e. The van der Waals surface area contributed by atoms with Crippen molar-refractivity contribution < 1.29 is 19.1 Å². The molecular formula is C30H35N5O4. The third-order valence-corrected chi connectivity index (χ3v) is 6.50. The number of nitrogens with zero attached hydrogens (tertiary/aromatic N) is 4. The molecule has 4 aromatic rings. The molecule has 0 bridgehead atoms. The molecule has 2 amide bonds. The number of rotatable bonds is 12. The second kappa shape index (κ2) is 12.9. The van der Waals surface area contributed by atoms with Crippen LogP contribution in [0, 0.1) is 5.92 Å². The standard InChI is InChI=1S/C30H35N5O4/c1-21(2)15-16-31-30(37)29(23-10-8-12-25(18-23)39-4)34(19-22-9-7-11-24(17-22)38-3)28(36)20-35-27-14-6-5-13-26(27)32-33-35/h5-14,17-18,21,29H,15-16,19-20H2,1-4H3,(H,31,37). The van der Waals surface area contributed by atoms with Gasteiger partial charge in [-0.25, -0.2) is 4.68 Å². The molecule has 39 heavy (non-hydrogen) atoms. The number of para-hydroxylation sites is 1. The Balaban J connectivity index is 1.75. The van der Waals surface area contributed by atoms with E-state index in [0.29, 0.717) is 35.0 Å². The second-order valence-corrected chi connectivity index (χ2v) is 9.76. The fraction of sp³-hybridized carbons (Fsp3) is 0.333. The lowest BCUT2D eigenvalue weighted by molar-refractivity contribution is -0.142. The fourth-order valence-corrected chi connectivity index (χ4v) is 4.41. The van der Waals surface area contributed by atoms with E-state index in [2.05, 4.69) is 29.5 Å². The van der Waals surface area contributed by atoms with Crippen LogP contribution in [0.3, 0.4) is 0 Å². The lowest BCUT2D eigenvalue weighted by Gasteiger charge is -2.32. The predicted octanol–water partition coefficient (Wildman–Crippen LogP) is 4.38. The average molecular weight is 530 g/mol. The number of hydrogen-bond donors (Lipinski definition) is 1. The number of benzene rings is 3. The summed E-state index contributed by atoms with van der Waals surface area (Å²) in [6, 6.07) is 21.3. The van der Waals surface area contributed by atoms with Crippen LogP contribution in [0.1, 0.15) is 37.4 Å². The minimum atomic E-state index is -0.902. The van der Waals surface area contributed by atoms with Crippen LogP contribution < -0.4 is 14.8 Å². The molecule has 1 atom stereocenters. The molecular weight excluding hydrogens is 494 g/mol. The Kier molecular flexibility index (Phi) is 9.14. The normalized spacial score (nSPS) is 11.8. The molecule has 0 aliphatic rings. The first kappa shape index (κ1) is 27.6. The Morgan fingerprint density at radius 1 is 0.949 bits per heavy atom. The van der Waals surface area contributed by atoms with Crippen LogP contribution in [-0.4, -0.2) is 52.5 Å². The summed E-state index contributed by atoms with van der Waals surface area (Å²) in [5.41, 5.74) is 2.91. The van der Waals surface area contributed by atoms with Crippen molar-refractivity contribution in [2.45, 2.75) is 39.4 Å². The van der Waals surface area contributed by atoms with Crippen molar-refractivity contribution in [2.24, 2.45) is 5.92 Å². The minimum Gasteiger partial charge on any atom is -0.497 e. The van der Waals surface area contributed by atoms with Gasteiger partial charge in [0.1, 0.15) is 29.6 Å². The Hall–Kier alpha value is -4.40. The van der Waals surface area contributed by atoms with E-state index >= 15 is 0 Å². The first-order chi connectivity index (χ1) is 18.9. The lowest BCUT2D eigenvalue weighted by Crippen LogP contribution is -2.45. The van der Waals surface area contributed by atoms with Crippen molar-refractivity contribution in [3.8, 4) is 11.5 Å². The van der Waals surface area contributed by atoms with Gasteiger partial charge in [-0.3, -0.25) is 9.59 Å². The molecule has 1 N–H and O–H groups in total. The van der Waals surface area contributed by atoms with Crippen LogP contribution >= 0.6 is 0 Å². The van der Waals surface area contributed by atoms with Crippen molar-refractivity contribution in [1.82, 2.24) is 25.2 Å². The average Bonchev–Trinajstić information content (AvgIpc) is 3.35. The minimum absolute atomic E-state index is 0.0791. The number of carbonyl (C=O) groups is 2. The number of aromatic nitrogens is 3. The van der Waals surface area contributed by atoms with E-state index in [4.69, 9.17) is 9.47 Å². The Morgan fingerprint density at radius 3 is 2.41 bits per heavy atom. The summed E-state index contributed by atoms with van der Waals surface area (Å²) in [6.07, 6.45) is 0.825. The quantitative estimate of drug-likeness (QED) is 0.292. The zero-order valence-corrected chi connectivity index (χ0v) is 22.8. The van der Waals surface area contributed by atoms with Gasteiger partial charge in [0, 0.05) is 13.1 Å². The molecule has 0 aliphatic carbocycles. The lowest BCUT2D eigenvalue weighted by atomic mass is 10.0. The topological polar surface area (TPSA) is 98.6 Å². The van der Waals surface area contributed by atoms with Crippen molar-refractivity contribution in [3.63, 3.8) is 0 Å². The van der Waals surface area contributed by atoms with Gasteiger partial charge in [-0.15, -0.1) is 5.10 Å². The summed E-state index contributed by atoms with van der Waals surface area (Å²) >= 11 is 0. The first-order valence-electron chi connectivity index (χ1n) is 13.0. The number of nitrogens with one attached hydrogen (secondary N) is 1. The van der Waals surface area contributed by atoms with E-state index in [9.17, 15) is 9.59 Å². The molecule has 3 aromatic carbocycles. The summed E-state index contributed by atoms with van der Waals surface area (Å²) in [7, 11) is 3.17. The van der Waals surface area contributed by atoms with Crippen molar-refractivity contribution >= 4 is 22.8 Å². The number of ether oxygens (including phenoxy) is 2. The molecule has 0 saturated heterocycles. The molecule has 0 spiro atoms. The number of fused-ring (bicyclic) bond motifs is 1. The maximum atomic E-state index is 14.1. The van der Waals surface area contributed by atoms with E-state index in [-0.39, 0.29) is 24.9 Å². The summed E-state index contributed by atoms with van der Waals surface area (Å²) in [6.45, 7) is 4.82. The summed E-state index contributed by atoms with van der Waals surface area (Å²) in [4.78, 5) is 29.4. The van der Waals surface area contributed by atoms with Gasteiger partial charge in [-0.1, -0.05) is 55.5 Å². The smallest absolute Gasteiger partial charge is 0.247 e. The number of methoxy groups -OCH3 is 2. The van der Waals surface area contributed by atoms with Gasteiger partial charge in [0.15, 0.2) is 0 Å². The Labute approximate surface area is 228 Å². The summed E-state index contributed by atoms with van der Waals surface area (Å²) < 4.78 is 12.4. The highest BCUT2D eigenvalue weighted by Gasteiger charge is 2.32. The molecule has 9 heteroatoms. The first-order valence-corrected chi connectivity index (χ1v) is 13.0. The number of hydrogen-bond acceptors (Lipinski definition) is 6. The predicted molar refractivity (Wildman–Crippen MR) is 149 cm³/mol. The third kappa shape index (κ3) is 6.93. The largest absolute Gasteiger partial charge is 0.497 e. The van der Waals surface area contributed by atoms with Gasteiger partial charge < -0.3 is 19.7 Å². The number of amides is 2. The highest BCUT2D eigenvalue weighted by molar-refractivity contribution is 5.89. The molecule has 1 unspecified atom stereocenters. The molecule has 0 fully saturated rings. The molecule has 1 heterocycles. The van der Waals surface area contributed by atoms with Crippen molar-refractivity contribution in [2.75, 3.05) is 20.8 Å². The van der Waals surface area contributed by atoms with Crippen LogP contribution in [0.4, 0.5) is 0 Å². The Bertz CT molecular complexity index is 1420. The highest BCUT2D eigenvalue weighted by Crippen LogP contribution is 2.28. The number of carbonyl (C=O) groups excluding carboxylic acids is 2. The van der Waals surface area contributed by atoms with Crippen molar-refractivity contribution in [1.29, 1.82) is 0 Å². The fourth-order valence-electron chi connectivity index (χ4n) is 4.41. The molecule has 4 rings (SSSR count). The molecule has 0 aliphatic heterocycles.